The molecule has 0 saturated carbocycles. The Bertz CT molecular complexity index is 1390. The van der Waals surface area contributed by atoms with Crippen molar-refractivity contribution in [3.8, 4) is 0 Å². The minimum absolute atomic E-state index is 0. The fourth-order valence-corrected chi connectivity index (χ4v) is 5.97. The quantitative estimate of drug-likeness (QED) is 0.177. The van der Waals surface area contributed by atoms with Gasteiger partial charge in [0.15, 0.2) is 0 Å². The number of hydrogen-bond acceptors (Lipinski definition) is 1. The van der Waals surface area contributed by atoms with Gasteiger partial charge in [-0.15, -0.1) is 12.2 Å². The molecule has 3 aromatic carbocycles. The third-order valence-corrected chi connectivity index (χ3v) is 7.63. The first-order valence-corrected chi connectivity index (χ1v) is 12.2. The molecule has 1 fully saturated rings. The van der Waals surface area contributed by atoms with E-state index in [0.717, 1.165) is 16.5 Å². The van der Waals surface area contributed by atoms with E-state index >= 15 is 0 Å². The summed E-state index contributed by atoms with van der Waals surface area (Å²) in [6.07, 6.45) is 5.64. The Kier molecular flexibility index (Phi) is 8.79. The van der Waals surface area contributed by atoms with E-state index in [-0.39, 0.29) is 23.1 Å². The number of hydrogen-bond donors (Lipinski definition) is 0. The molecule has 0 aromatic heterocycles. The predicted octanol–water partition coefficient (Wildman–Crippen LogP) is 6.11. The zero-order chi connectivity index (χ0) is 23.0. The first kappa shape index (κ1) is 24.8. The van der Waals surface area contributed by atoms with Crippen LogP contribution in [0, 0.1) is 18.4 Å². The zero-order valence-corrected chi connectivity index (χ0v) is 20.6. The molecule has 2 radical (unpaired) electrons. The molecule has 2 aliphatic carbocycles. The first-order valence-electron chi connectivity index (χ1n) is 10.8. The van der Waals surface area contributed by atoms with Crippen molar-refractivity contribution in [3.05, 3.63) is 166 Å². The molecule has 4 heteroatoms. The van der Waals surface area contributed by atoms with Gasteiger partial charge in [-0.25, -0.2) is 5.73 Å². The predicted molar refractivity (Wildman–Crippen MR) is 135 cm³/mol. The summed E-state index contributed by atoms with van der Waals surface area (Å²) in [5, 5.41) is 8.45. The SMILES string of the molecule is C1=C=C([C]2[N-][C@@H](c3ccccc3)CO2)C(P(c2ccccc2)c2ccccc2)=C=1.[C]1=C=C=C=[C-]1.[Fe+2]. The van der Waals surface area contributed by atoms with Gasteiger partial charge >= 0.3 is 17.1 Å². The minimum Gasteiger partial charge on any atom is -0.619 e. The minimum atomic E-state index is -0.793. The van der Waals surface area contributed by atoms with Crippen molar-refractivity contribution < 1.29 is 21.8 Å². The number of nitrogens with zero attached hydrogens (tertiary/aromatic N) is 1. The van der Waals surface area contributed by atoms with Crippen molar-refractivity contribution in [2.45, 2.75) is 6.04 Å². The van der Waals surface area contributed by atoms with Gasteiger partial charge in [0.2, 0.25) is 0 Å². The molecular formula is C31H18FeNOP. The monoisotopic (exact) mass is 507 g/mol. The van der Waals surface area contributed by atoms with E-state index < -0.39 is 7.92 Å². The van der Waals surface area contributed by atoms with Crippen molar-refractivity contribution in [1.29, 1.82) is 0 Å². The smallest absolute Gasteiger partial charge is 0.619 e. The van der Waals surface area contributed by atoms with Crippen LogP contribution < -0.4 is 10.6 Å². The summed E-state index contributed by atoms with van der Waals surface area (Å²) in [4.78, 5) is 0. The molecule has 0 unspecified atom stereocenters. The molecule has 35 heavy (non-hydrogen) atoms. The molecule has 1 aliphatic heterocycles. The summed E-state index contributed by atoms with van der Waals surface area (Å²) in [6.45, 7) is 0.548. The second kappa shape index (κ2) is 12.4. The standard InChI is InChI=1S/C26H18NOP.C5.Fe/c1-4-11-20(12-5-1)24-19-28-26(27-24)23-17-10-18-25(23)29(21-13-6-2-7-14-21)22-15-8-3-9-16-22;1-2-4-5-3-1;/h1-9,11-16,24H,19H2;;/q2*-1;+2/t24-;;/m1../s1. The largest absolute Gasteiger partial charge is 2.00 e. The molecule has 2 nitrogen and oxygen atoms in total. The summed E-state index contributed by atoms with van der Waals surface area (Å²) in [6, 6.07) is 31.4. The summed E-state index contributed by atoms with van der Waals surface area (Å²) in [7, 11) is -0.793. The molecule has 0 spiro atoms. The van der Waals surface area contributed by atoms with Crippen LogP contribution in [0.5, 0.6) is 0 Å². The Morgan fingerprint density at radius 1 is 0.771 bits per heavy atom. The molecule has 0 N–H and O–H groups in total. The van der Waals surface area contributed by atoms with Crippen molar-refractivity contribution >= 4 is 18.5 Å². The van der Waals surface area contributed by atoms with Gasteiger partial charge in [-0.3, -0.25) is 11.5 Å². The van der Waals surface area contributed by atoms with Crippen LogP contribution in [0.1, 0.15) is 11.6 Å². The van der Waals surface area contributed by atoms with Gasteiger partial charge in [-0.1, -0.05) is 114 Å². The van der Waals surface area contributed by atoms with E-state index in [9.17, 15) is 0 Å². The van der Waals surface area contributed by atoms with Crippen LogP contribution in [0.15, 0.2) is 136 Å². The van der Waals surface area contributed by atoms with Gasteiger partial charge in [0.25, 0.3) is 0 Å². The summed E-state index contributed by atoms with van der Waals surface area (Å²) >= 11 is 0. The summed E-state index contributed by atoms with van der Waals surface area (Å²) in [5.74, 6) is 0. The van der Waals surface area contributed by atoms with E-state index in [4.69, 9.17) is 10.1 Å². The maximum absolute atomic E-state index is 6.02. The van der Waals surface area contributed by atoms with Gasteiger partial charge in [-0.05, 0) is 24.3 Å². The molecule has 3 aliphatic rings. The Balaban J connectivity index is 0.000000431. The summed E-state index contributed by atoms with van der Waals surface area (Å²) < 4.78 is 6.02. The molecule has 6 rings (SSSR count). The van der Waals surface area contributed by atoms with Gasteiger partial charge < -0.3 is 10.1 Å². The molecule has 3 aromatic rings. The maximum atomic E-state index is 6.02. The van der Waals surface area contributed by atoms with Crippen LogP contribution in [-0.4, -0.2) is 6.61 Å². The zero-order valence-electron chi connectivity index (χ0n) is 18.6. The second-order valence-electron chi connectivity index (χ2n) is 7.40. The van der Waals surface area contributed by atoms with Crippen molar-refractivity contribution in [1.82, 2.24) is 0 Å². The van der Waals surface area contributed by atoms with Crippen LogP contribution in [0.25, 0.3) is 5.32 Å². The molecular weight excluding hydrogens is 489 g/mol. The van der Waals surface area contributed by atoms with E-state index in [1.807, 2.05) is 30.3 Å². The number of benzene rings is 3. The van der Waals surface area contributed by atoms with Crippen molar-refractivity contribution in [2.75, 3.05) is 6.61 Å². The van der Waals surface area contributed by atoms with Crippen LogP contribution in [0.2, 0.25) is 0 Å². The van der Waals surface area contributed by atoms with Crippen LogP contribution in [0.3, 0.4) is 0 Å². The van der Waals surface area contributed by atoms with E-state index in [0.29, 0.717) is 12.8 Å². The third kappa shape index (κ3) is 6.04. The summed E-state index contributed by atoms with van der Waals surface area (Å²) in [5.41, 5.74) is 19.1. The average molecular weight is 507 g/mol. The molecule has 166 valence electrons. The normalized spacial score (nSPS) is 16.8. The fraction of sp³-hybridized carbons (Fsp3) is 0.0645. The number of ether oxygens (including phenoxy) is 1. The topological polar surface area (TPSA) is 23.3 Å². The van der Waals surface area contributed by atoms with Gasteiger partial charge in [0.05, 0.1) is 0 Å². The van der Waals surface area contributed by atoms with Gasteiger partial charge in [0.1, 0.15) is 0 Å². The Hall–Kier alpha value is -3.31. The Labute approximate surface area is 218 Å². The molecule has 1 saturated heterocycles. The molecule has 0 amide bonds. The third-order valence-electron chi connectivity index (χ3n) is 5.22. The second-order valence-corrected chi connectivity index (χ2v) is 9.55. The van der Waals surface area contributed by atoms with E-state index in [1.165, 1.54) is 10.6 Å². The van der Waals surface area contributed by atoms with Crippen LogP contribution in [0.4, 0.5) is 0 Å². The molecule has 0 bridgehead atoms. The van der Waals surface area contributed by atoms with Crippen molar-refractivity contribution in [3.63, 3.8) is 0 Å². The van der Waals surface area contributed by atoms with Crippen LogP contribution >= 0.6 is 7.92 Å². The number of allylic oxidation sites excluding steroid dienone is 2. The Morgan fingerprint density at radius 2 is 1.40 bits per heavy atom. The Morgan fingerprint density at radius 3 is 1.94 bits per heavy atom. The van der Waals surface area contributed by atoms with Crippen LogP contribution in [-0.2, 0) is 21.8 Å². The first-order chi connectivity index (χ1) is 16.9. The maximum Gasteiger partial charge on any atom is 2.00 e. The van der Waals surface area contributed by atoms with Gasteiger partial charge in [0, 0.05) is 23.7 Å². The van der Waals surface area contributed by atoms with Crippen molar-refractivity contribution in [2.24, 2.45) is 0 Å². The number of rotatable bonds is 5. The molecule has 1 heterocycles. The average Bonchev–Trinajstić information content (AvgIpc) is 3.70. The van der Waals surface area contributed by atoms with E-state index in [1.54, 1.807) is 0 Å². The van der Waals surface area contributed by atoms with E-state index in [2.05, 4.69) is 107 Å². The molecule has 1 atom stereocenters. The fourth-order valence-electron chi connectivity index (χ4n) is 3.67. The van der Waals surface area contributed by atoms with Gasteiger partial charge in [-0.2, -0.15) is 0 Å².